The Morgan fingerprint density at radius 2 is 1.86 bits per heavy atom. The quantitative estimate of drug-likeness (QED) is 0.207. The Hall–Kier alpha value is -3.31. The lowest BCUT2D eigenvalue weighted by molar-refractivity contribution is -0.108. The van der Waals surface area contributed by atoms with Gasteiger partial charge in [-0.05, 0) is 85.8 Å². The molecule has 0 bridgehead atoms. The SMILES string of the molecule is CCCCNC(C)COc1cc(C)c(-c2cccc(COc3ccc4c(c3)OCC4CC=O)c2)c(C)c1. The number of rotatable bonds is 13. The second-order valence-electron chi connectivity index (χ2n) is 10.1. The molecule has 3 aromatic rings. The first-order chi connectivity index (χ1) is 18.0. The van der Waals surface area contributed by atoms with E-state index in [0.29, 0.717) is 32.3 Å². The van der Waals surface area contributed by atoms with E-state index < -0.39 is 0 Å². The van der Waals surface area contributed by atoms with Gasteiger partial charge in [-0.25, -0.2) is 0 Å². The monoisotopic (exact) mass is 501 g/mol. The first kappa shape index (κ1) is 26.7. The number of nitrogens with one attached hydrogen (secondary N) is 1. The highest BCUT2D eigenvalue weighted by molar-refractivity contribution is 5.72. The molecule has 1 aliphatic heterocycles. The predicted octanol–water partition coefficient (Wildman–Crippen LogP) is 6.77. The van der Waals surface area contributed by atoms with E-state index in [4.69, 9.17) is 14.2 Å². The highest BCUT2D eigenvalue weighted by Gasteiger charge is 2.24. The summed E-state index contributed by atoms with van der Waals surface area (Å²) in [5.41, 5.74) is 6.98. The van der Waals surface area contributed by atoms with Gasteiger partial charge in [0.05, 0.1) is 6.61 Å². The average Bonchev–Trinajstić information content (AvgIpc) is 3.28. The molecule has 37 heavy (non-hydrogen) atoms. The number of benzene rings is 3. The third-order valence-corrected chi connectivity index (χ3v) is 6.90. The van der Waals surface area contributed by atoms with Crippen molar-refractivity contribution in [2.75, 3.05) is 19.8 Å². The van der Waals surface area contributed by atoms with Crippen LogP contribution in [0.3, 0.4) is 0 Å². The molecule has 0 spiro atoms. The molecule has 3 aromatic carbocycles. The molecule has 0 aliphatic carbocycles. The van der Waals surface area contributed by atoms with Gasteiger partial charge in [-0.2, -0.15) is 0 Å². The van der Waals surface area contributed by atoms with Gasteiger partial charge in [0.1, 0.15) is 36.7 Å². The first-order valence-electron chi connectivity index (χ1n) is 13.4. The van der Waals surface area contributed by atoms with Crippen LogP contribution in [-0.2, 0) is 11.4 Å². The maximum absolute atomic E-state index is 10.9. The van der Waals surface area contributed by atoms with Gasteiger partial charge in [-0.1, -0.05) is 37.6 Å². The van der Waals surface area contributed by atoms with Gasteiger partial charge in [-0.15, -0.1) is 0 Å². The summed E-state index contributed by atoms with van der Waals surface area (Å²) in [5.74, 6) is 2.64. The third kappa shape index (κ3) is 6.92. The molecule has 4 rings (SSSR count). The molecule has 0 saturated carbocycles. The molecule has 0 fully saturated rings. The van der Waals surface area contributed by atoms with Crippen LogP contribution in [-0.4, -0.2) is 32.1 Å². The number of ether oxygens (including phenoxy) is 3. The second kappa shape index (κ2) is 12.8. The molecule has 0 saturated heterocycles. The molecule has 1 N–H and O–H groups in total. The van der Waals surface area contributed by atoms with E-state index in [1.54, 1.807) is 0 Å². The van der Waals surface area contributed by atoms with Gasteiger partial charge in [0.25, 0.3) is 0 Å². The minimum absolute atomic E-state index is 0.146. The molecular formula is C32H39NO4. The summed E-state index contributed by atoms with van der Waals surface area (Å²) in [4.78, 5) is 10.9. The summed E-state index contributed by atoms with van der Waals surface area (Å²) in [6.07, 6.45) is 3.83. The van der Waals surface area contributed by atoms with Crippen molar-refractivity contribution in [3.8, 4) is 28.4 Å². The highest BCUT2D eigenvalue weighted by Crippen LogP contribution is 2.38. The normalized spacial score (nSPS) is 15.1. The molecule has 196 valence electrons. The van der Waals surface area contributed by atoms with E-state index in [9.17, 15) is 4.79 Å². The number of aryl methyl sites for hydroxylation is 2. The maximum atomic E-state index is 10.9. The zero-order valence-corrected chi connectivity index (χ0v) is 22.5. The minimum atomic E-state index is 0.146. The fraction of sp³-hybridized carbons (Fsp3) is 0.406. The van der Waals surface area contributed by atoms with Crippen LogP contribution in [0.25, 0.3) is 11.1 Å². The van der Waals surface area contributed by atoms with Crippen LogP contribution in [0.5, 0.6) is 17.2 Å². The van der Waals surface area contributed by atoms with Crippen molar-refractivity contribution >= 4 is 6.29 Å². The Kier molecular flexibility index (Phi) is 9.24. The summed E-state index contributed by atoms with van der Waals surface area (Å²) in [6.45, 7) is 11.4. The first-order valence-corrected chi connectivity index (χ1v) is 13.4. The van der Waals surface area contributed by atoms with Crippen LogP contribution in [0.2, 0.25) is 0 Å². The van der Waals surface area contributed by atoms with Gasteiger partial charge in [-0.3, -0.25) is 0 Å². The lowest BCUT2D eigenvalue weighted by atomic mass is 9.94. The van der Waals surface area contributed by atoms with Gasteiger partial charge >= 0.3 is 0 Å². The number of carbonyl (C=O) groups excluding carboxylic acids is 1. The van der Waals surface area contributed by atoms with Crippen molar-refractivity contribution < 1.29 is 19.0 Å². The Labute approximate surface area is 221 Å². The fourth-order valence-corrected chi connectivity index (χ4v) is 4.91. The van der Waals surface area contributed by atoms with Gasteiger partial charge in [0.15, 0.2) is 0 Å². The molecule has 2 atom stereocenters. The third-order valence-electron chi connectivity index (χ3n) is 6.90. The van der Waals surface area contributed by atoms with E-state index in [0.717, 1.165) is 41.2 Å². The number of hydrogen-bond acceptors (Lipinski definition) is 5. The largest absolute Gasteiger partial charge is 0.492 e. The summed E-state index contributed by atoms with van der Waals surface area (Å²) >= 11 is 0. The molecular weight excluding hydrogens is 462 g/mol. The highest BCUT2D eigenvalue weighted by atomic mass is 16.5. The molecule has 5 nitrogen and oxygen atoms in total. The lowest BCUT2D eigenvalue weighted by Crippen LogP contribution is -2.32. The Balaban J connectivity index is 1.40. The van der Waals surface area contributed by atoms with Crippen molar-refractivity contribution in [1.82, 2.24) is 5.32 Å². The zero-order valence-electron chi connectivity index (χ0n) is 22.5. The van der Waals surface area contributed by atoms with Crippen molar-refractivity contribution in [3.05, 3.63) is 76.9 Å². The number of carbonyl (C=O) groups is 1. The molecule has 0 aromatic heterocycles. The van der Waals surface area contributed by atoms with Crippen LogP contribution < -0.4 is 19.5 Å². The molecule has 2 unspecified atom stereocenters. The molecule has 0 amide bonds. The van der Waals surface area contributed by atoms with E-state index in [1.165, 1.54) is 35.1 Å². The predicted molar refractivity (Wildman–Crippen MR) is 149 cm³/mol. The lowest BCUT2D eigenvalue weighted by Gasteiger charge is -2.18. The molecule has 1 aliphatic rings. The number of aldehydes is 1. The van der Waals surface area contributed by atoms with Crippen molar-refractivity contribution in [2.24, 2.45) is 0 Å². The van der Waals surface area contributed by atoms with Gasteiger partial charge in [0, 0.05) is 30.0 Å². The van der Waals surface area contributed by atoms with Gasteiger partial charge < -0.3 is 24.3 Å². The topological polar surface area (TPSA) is 56.8 Å². The maximum Gasteiger partial charge on any atom is 0.126 e. The zero-order chi connectivity index (χ0) is 26.2. The van der Waals surface area contributed by atoms with Crippen molar-refractivity contribution in [1.29, 1.82) is 0 Å². The molecule has 0 radical (unpaired) electrons. The standard InChI is InChI=1S/C32H39NO4/c1-5-6-13-33-24(4)19-35-29-15-22(2)32(23(3)16-29)26-9-7-8-25(17-26)20-36-28-10-11-30-27(12-14-34)21-37-31(30)18-28/h7-11,14-18,24,27,33H,5-6,12-13,19-21H2,1-4H3. The molecule has 1 heterocycles. The minimum Gasteiger partial charge on any atom is -0.492 e. The van der Waals surface area contributed by atoms with E-state index in [2.05, 4.69) is 69.4 Å². The Morgan fingerprint density at radius 3 is 2.62 bits per heavy atom. The Bertz CT molecular complexity index is 1180. The summed E-state index contributed by atoms with van der Waals surface area (Å²) in [7, 11) is 0. The summed E-state index contributed by atoms with van der Waals surface area (Å²) in [5, 5.41) is 3.51. The Morgan fingerprint density at radius 1 is 1.05 bits per heavy atom. The van der Waals surface area contributed by atoms with Crippen LogP contribution in [0.4, 0.5) is 0 Å². The van der Waals surface area contributed by atoms with E-state index in [1.807, 2.05) is 18.2 Å². The smallest absolute Gasteiger partial charge is 0.126 e. The van der Waals surface area contributed by atoms with Crippen LogP contribution in [0, 0.1) is 13.8 Å². The number of unbranched alkanes of at least 4 members (excludes halogenated alkanes) is 1. The van der Waals surface area contributed by atoms with Crippen molar-refractivity contribution in [3.63, 3.8) is 0 Å². The number of hydrogen-bond donors (Lipinski definition) is 1. The second-order valence-corrected chi connectivity index (χ2v) is 10.1. The van der Waals surface area contributed by atoms with Crippen molar-refractivity contribution in [2.45, 2.75) is 65.5 Å². The average molecular weight is 502 g/mol. The summed E-state index contributed by atoms with van der Waals surface area (Å²) in [6, 6.07) is 19.0. The fourth-order valence-electron chi connectivity index (χ4n) is 4.91. The van der Waals surface area contributed by atoms with Gasteiger partial charge in [0.2, 0.25) is 0 Å². The summed E-state index contributed by atoms with van der Waals surface area (Å²) < 4.78 is 18.0. The van der Waals surface area contributed by atoms with E-state index >= 15 is 0 Å². The van der Waals surface area contributed by atoms with Crippen LogP contribution in [0.1, 0.15) is 61.3 Å². The molecule has 5 heteroatoms. The number of fused-ring (bicyclic) bond motifs is 1. The van der Waals surface area contributed by atoms with Crippen LogP contribution >= 0.6 is 0 Å². The van der Waals surface area contributed by atoms with E-state index in [-0.39, 0.29) is 5.92 Å². The van der Waals surface area contributed by atoms with Crippen LogP contribution in [0.15, 0.2) is 54.6 Å².